The predicted molar refractivity (Wildman–Crippen MR) is 103 cm³/mol. The van der Waals surface area contributed by atoms with Gasteiger partial charge in [-0.15, -0.1) is 34.4 Å². The second-order valence-electron chi connectivity index (χ2n) is 5.66. The molecule has 0 fully saturated rings. The molecule has 0 saturated heterocycles. The molecule has 1 aromatic carbocycles. The summed E-state index contributed by atoms with van der Waals surface area (Å²) in [5, 5.41) is 4.25. The zero-order chi connectivity index (χ0) is 16.4. The number of hydrogen-bond acceptors (Lipinski definition) is 4. The highest BCUT2D eigenvalue weighted by atomic mass is 32.2. The van der Waals surface area contributed by atoms with E-state index in [2.05, 4.69) is 46.0 Å². The van der Waals surface area contributed by atoms with Gasteiger partial charge >= 0.3 is 0 Å². The van der Waals surface area contributed by atoms with Crippen molar-refractivity contribution in [2.45, 2.75) is 17.4 Å². The third-order valence-corrected chi connectivity index (χ3v) is 7.12. The van der Waals surface area contributed by atoms with Crippen molar-refractivity contribution in [3.63, 3.8) is 0 Å². The van der Waals surface area contributed by atoms with Crippen molar-refractivity contribution in [1.82, 2.24) is 4.90 Å². The average Bonchev–Trinajstić information content (AvgIpc) is 3.31. The van der Waals surface area contributed by atoms with Crippen LogP contribution in [0.15, 0.2) is 64.2 Å². The summed E-state index contributed by atoms with van der Waals surface area (Å²) < 4.78 is 0. The van der Waals surface area contributed by atoms with Gasteiger partial charge in [0.05, 0.1) is 11.8 Å². The molecule has 0 saturated carbocycles. The Morgan fingerprint density at radius 2 is 1.96 bits per heavy atom. The molecule has 2 nitrogen and oxygen atoms in total. The van der Waals surface area contributed by atoms with Crippen LogP contribution in [0.25, 0.3) is 0 Å². The Balaban J connectivity index is 1.56. The van der Waals surface area contributed by atoms with E-state index in [0.29, 0.717) is 5.75 Å². The fourth-order valence-corrected chi connectivity index (χ4v) is 5.65. The number of thioether (sulfide) groups is 1. The highest BCUT2D eigenvalue weighted by molar-refractivity contribution is 8.00. The summed E-state index contributed by atoms with van der Waals surface area (Å²) >= 11 is 5.17. The normalized spacial score (nSPS) is 16.8. The van der Waals surface area contributed by atoms with Crippen molar-refractivity contribution in [2.24, 2.45) is 0 Å². The molecule has 0 unspecified atom stereocenters. The first kappa shape index (κ1) is 15.9. The molecule has 122 valence electrons. The Kier molecular flexibility index (Phi) is 4.74. The lowest BCUT2D eigenvalue weighted by atomic mass is 9.98. The van der Waals surface area contributed by atoms with Crippen LogP contribution in [-0.4, -0.2) is 23.1 Å². The molecule has 1 aliphatic heterocycles. The lowest BCUT2D eigenvalue weighted by molar-refractivity contribution is -0.130. The second-order valence-corrected chi connectivity index (χ2v) is 8.68. The zero-order valence-electron chi connectivity index (χ0n) is 13.1. The SMILES string of the molecule is O=C(CSc1ccccc1)N1CCc2sccc2[C@@H]1c1cccs1. The maximum atomic E-state index is 12.9. The van der Waals surface area contributed by atoms with Crippen molar-refractivity contribution >= 4 is 40.3 Å². The third-order valence-electron chi connectivity index (χ3n) is 4.20. The fourth-order valence-electron chi connectivity index (χ4n) is 3.08. The summed E-state index contributed by atoms with van der Waals surface area (Å²) in [5.74, 6) is 0.713. The molecule has 1 atom stereocenters. The summed E-state index contributed by atoms with van der Waals surface area (Å²) in [5.41, 5.74) is 1.31. The Morgan fingerprint density at radius 3 is 2.75 bits per heavy atom. The van der Waals surface area contributed by atoms with Crippen LogP contribution < -0.4 is 0 Å². The maximum Gasteiger partial charge on any atom is 0.233 e. The summed E-state index contributed by atoms with van der Waals surface area (Å²) in [6.45, 7) is 0.810. The van der Waals surface area contributed by atoms with Crippen LogP contribution in [0, 0.1) is 0 Å². The maximum absolute atomic E-state index is 12.9. The summed E-state index contributed by atoms with van der Waals surface area (Å²) in [7, 11) is 0. The van der Waals surface area contributed by atoms with Crippen LogP contribution >= 0.6 is 34.4 Å². The number of carbonyl (C=O) groups is 1. The minimum atomic E-state index is 0.0869. The van der Waals surface area contributed by atoms with Gasteiger partial charge in [0.25, 0.3) is 0 Å². The lowest BCUT2D eigenvalue weighted by Crippen LogP contribution is -2.40. The predicted octanol–water partition coefficient (Wildman–Crippen LogP) is 5.08. The summed E-state index contributed by atoms with van der Waals surface area (Å²) in [4.78, 5) is 18.8. The van der Waals surface area contributed by atoms with Gasteiger partial charge in [-0.05, 0) is 47.0 Å². The number of rotatable bonds is 4. The molecule has 24 heavy (non-hydrogen) atoms. The molecule has 0 spiro atoms. The zero-order valence-corrected chi connectivity index (χ0v) is 15.5. The van der Waals surface area contributed by atoms with Crippen LogP contribution in [-0.2, 0) is 11.2 Å². The first-order valence-corrected chi connectivity index (χ1v) is 10.6. The quantitative estimate of drug-likeness (QED) is 0.596. The molecular formula is C19H17NOS3. The van der Waals surface area contributed by atoms with Gasteiger partial charge in [0.2, 0.25) is 5.91 Å². The van der Waals surface area contributed by atoms with E-state index in [4.69, 9.17) is 0 Å². The van der Waals surface area contributed by atoms with E-state index >= 15 is 0 Å². The lowest BCUT2D eigenvalue weighted by Gasteiger charge is -2.35. The molecule has 1 amide bonds. The van der Waals surface area contributed by atoms with Gasteiger partial charge in [0.15, 0.2) is 0 Å². The molecule has 0 radical (unpaired) electrons. The minimum absolute atomic E-state index is 0.0869. The molecule has 0 bridgehead atoms. The molecule has 0 N–H and O–H groups in total. The minimum Gasteiger partial charge on any atom is -0.330 e. The molecular weight excluding hydrogens is 354 g/mol. The van der Waals surface area contributed by atoms with Crippen LogP contribution in [0.3, 0.4) is 0 Å². The van der Waals surface area contributed by atoms with E-state index < -0.39 is 0 Å². The van der Waals surface area contributed by atoms with E-state index in [1.807, 2.05) is 29.5 Å². The van der Waals surface area contributed by atoms with Crippen LogP contribution in [0.5, 0.6) is 0 Å². The smallest absolute Gasteiger partial charge is 0.233 e. The van der Waals surface area contributed by atoms with E-state index in [-0.39, 0.29) is 11.9 Å². The second kappa shape index (κ2) is 7.13. The molecule has 0 aliphatic carbocycles. The first-order valence-electron chi connectivity index (χ1n) is 7.90. The van der Waals surface area contributed by atoms with E-state index in [1.54, 1.807) is 23.1 Å². The summed E-state index contributed by atoms with van der Waals surface area (Å²) in [6, 6.07) is 16.6. The van der Waals surface area contributed by atoms with Gasteiger partial charge in [-0.3, -0.25) is 4.79 Å². The first-order chi connectivity index (χ1) is 11.8. The van der Waals surface area contributed by atoms with E-state index in [1.165, 1.54) is 15.3 Å². The standard InChI is InChI=1S/C19H17NOS3/c21-18(13-24-14-5-2-1-3-6-14)20-10-8-16-15(9-12-23-16)19(20)17-7-4-11-22-17/h1-7,9,11-12,19H,8,10,13H2/t19-/m1/s1. The van der Waals surface area contributed by atoms with Gasteiger partial charge in [-0.2, -0.15) is 0 Å². The highest BCUT2D eigenvalue weighted by Gasteiger charge is 2.33. The number of fused-ring (bicyclic) bond motifs is 1. The largest absolute Gasteiger partial charge is 0.330 e. The number of carbonyl (C=O) groups excluding carboxylic acids is 1. The monoisotopic (exact) mass is 371 g/mol. The summed E-state index contributed by atoms with van der Waals surface area (Å²) in [6.07, 6.45) is 0.969. The van der Waals surface area contributed by atoms with Crippen LogP contribution in [0.2, 0.25) is 0 Å². The number of benzene rings is 1. The number of hydrogen-bond donors (Lipinski definition) is 0. The molecule has 3 aromatic rings. The van der Waals surface area contributed by atoms with Crippen molar-refractivity contribution in [3.05, 3.63) is 74.6 Å². The van der Waals surface area contributed by atoms with Crippen molar-refractivity contribution in [3.8, 4) is 0 Å². The van der Waals surface area contributed by atoms with Gasteiger partial charge in [0.1, 0.15) is 0 Å². The van der Waals surface area contributed by atoms with Crippen molar-refractivity contribution in [2.75, 3.05) is 12.3 Å². The molecule has 1 aliphatic rings. The number of thiophene rings is 2. The van der Waals surface area contributed by atoms with Gasteiger partial charge in [0, 0.05) is 21.2 Å². The van der Waals surface area contributed by atoms with Gasteiger partial charge in [-0.1, -0.05) is 24.3 Å². The molecule has 4 rings (SSSR count). The molecule has 3 heterocycles. The Morgan fingerprint density at radius 1 is 1.08 bits per heavy atom. The van der Waals surface area contributed by atoms with E-state index in [9.17, 15) is 4.79 Å². The van der Waals surface area contributed by atoms with Crippen molar-refractivity contribution in [1.29, 1.82) is 0 Å². The molecule has 5 heteroatoms. The van der Waals surface area contributed by atoms with Gasteiger partial charge in [-0.25, -0.2) is 0 Å². The van der Waals surface area contributed by atoms with Crippen LogP contribution in [0.4, 0.5) is 0 Å². The fraction of sp³-hybridized carbons (Fsp3) is 0.211. The highest BCUT2D eigenvalue weighted by Crippen LogP contribution is 2.39. The third kappa shape index (κ3) is 3.16. The molecule has 2 aromatic heterocycles. The van der Waals surface area contributed by atoms with E-state index in [0.717, 1.165) is 17.9 Å². The van der Waals surface area contributed by atoms with Crippen molar-refractivity contribution < 1.29 is 4.79 Å². The number of nitrogens with zero attached hydrogens (tertiary/aromatic N) is 1. The Labute approximate surface area is 154 Å². The Hall–Kier alpha value is -1.56. The average molecular weight is 372 g/mol. The Bertz CT molecular complexity index is 810. The topological polar surface area (TPSA) is 20.3 Å². The van der Waals surface area contributed by atoms with Gasteiger partial charge < -0.3 is 4.90 Å². The van der Waals surface area contributed by atoms with Crippen LogP contribution in [0.1, 0.15) is 21.4 Å². The number of amides is 1.